The van der Waals surface area contributed by atoms with Crippen LogP contribution in [0.1, 0.15) is 0 Å². The number of pyridine rings is 1. The summed E-state index contributed by atoms with van der Waals surface area (Å²) < 4.78 is 27.7. The van der Waals surface area contributed by atoms with Crippen molar-refractivity contribution >= 4 is 55.8 Å². The van der Waals surface area contributed by atoms with E-state index in [1.807, 2.05) is 6.07 Å². The summed E-state index contributed by atoms with van der Waals surface area (Å²) in [6.45, 7) is 0. The molecule has 2 heterocycles. The van der Waals surface area contributed by atoms with Gasteiger partial charge < -0.3 is 5.73 Å². The Morgan fingerprint density at radius 1 is 1.04 bits per heavy atom. The van der Waals surface area contributed by atoms with E-state index in [0.717, 1.165) is 11.1 Å². The summed E-state index contributed by atoms with van der Waals surface area (Å²) in [6, 6.07) is 13.1. The molecule has 0 saturated heterocycles. The lowest BCUT2D eigenvalue weighted by atomic mass is 10.0. The molecule has 0 aliphatic carbocycles. The Labute approximate surface area is 170 Å². The molecule has 0 amide bonds. The molecular formula is C18H13Cl2N5O2S. The number of nitrogen functional groups attached to an aromatic ring is 1. The number of benzene rings is 2. The average molecular weight is 434 g/mol. The fraction of sp³-hybridized carbons (Fsp3) is 0. The van der Waals surface area contributed by atoms with Gasteiger partial charge in [0.15, 0.2) is 5.65 Å². The molecule has 0 atom stereocenters. The molecule has 7 nitrogen and oxygen atoms in total. The molecule has 0 saturated carbocycles. The molecule has 0 unspecified atom stereocenters. The average Bonchev–Trinajstić information content (AvgIpc) is 3.05. The summed E-state index contributed by atoms with van der Waals surface area (Å²) in [7, 11) is -3.89. The minimum absolute atomic E-state index is 0.0251. The van der Waals surface area contributed by atoms with Crippen LogP contribution in [0.4, 0.5) is 11.5 Å². The zero-order chi connectivity index (χ0) is 19.9. The summed E-state index contributed by atoms with van der Waals surface area (Å²) in [5, 5.41) is 7.60. The monoisotopic (exact) mass is 433 g/mol. The SMILES string of the molecule is Nc1[nH]nc2nccc(-c3ccc(NS(=O)(=O)c4cccc(Cl)c4Cl)cc3)c12. The van der Waals surface area contributed by atoms with Crippen LogP contribution in [0.5, 0.6) is 0 Å². The van der Waals surface area contributed by atoms with E-state index in [1.165, 1.54) is 18.2 Å². The first-order valence-corrected chi connectivity index (χ1v) is 10.3. The maximum absolute atomic E-state index is 12.6. The second-order valence-electron chi connectivity index (χ2n) is 5.93. The van der Waals surface area contributed by atoms with Gasteiger partial charge in [-0.05, 0) is 41.5 Å². The zero-order valence-corrected chi connectivity index (χ0v) is 16.5. The molecular weight excluding hydrogens is 421 g/mol. The van der Waals surface area contributed by atoms with E-state index in [-0.39, 0.29) is 14.9 Å². The van der Waals surface area contributed by atoms with Crippen molar-refractivity contribution in [1.29, 1.82) is 0 Å². The Morgan fingerprint density at radius 2 is 1.79 bits per heavy atom. The third-order valence-corrected chi connectivity index (χ3v) is 6.49. The second-order valence-corrected chi connectivity index (χ2v) is 8.37. The molecule has 0 spiro atoms. The maximum Gasteiger partial charge on any atom is 0.263 e. The number of aromatic amines is 1. The van der Waals surface area contributed by atoms with Crippen LogP contribution in [0.25, 0.3) is 22.2 Å². The van der Waals surface area contributed by atoms with Crippen LogP contribution in [0.2, 0.25) is 10.0 Å². The molecule has 0 radical (unpaired) electrons. The molecule has 4 rings (SSSR count). The van der Waals surface area contributed by atoms with Crippen molar-refractivity contribution in [3.63, 3.8) is 0 Å². The molecule has 4 aromatic rings. The van der Waals surface area contributed by atoms with Crippen LogP contribution < -0.4 is 10.5 Å². The Hall–Kier alpha value is -2.81. The van der Waals surface area contributed by atoms with Gasteiger partial charge in [0.25, 0.3) is 10.0 Å². The summed E-state index contributed by atoms with van der Waals surface area (Å²) in [5.41, 5.74) is 8.51. The van der Waals surface area contributed by atoms with Crippen molar-refractivity contribution in [2.45, 2.75) is 4.90 Å². The van der Waals surface area contributed by atoms with E-state index in [2.05, 4.69) is 19.9 Å². The van der Waals surface area contributed by atoms with Crippen LogP contribution in [-0.2, 0) is 10.0 Å². The second kappa shape index (κ2) is 6.97. The zero-order valence-electron chi connectivity index (χ0n) is 14.1. The van der Waals surface area contributed by atoms with Gasteiger partial charge in [-0.3, -0.25) is 9.82 Å². The number of nitrogens with zero attached hydrogens (tertiary/aromatic N) is 2. The summed E-state index contributed by atoms with van der Waals surface area (Å²) in [6.07, 6.45) is 1.63. The van der Waals surface area contributed by atoms with E-state index in [9.17, 15) is 8.42 Å². The lowest BCUT2D eigenvalue weighted by molar-refractivity contribution is 0.601. The summed E-state index contributed by atoms with van der Waals surface area (Å²) in [5.74, 6) is 0.415. The van der Waals surface area contributed by atoms with Gasteiger partial charge in [0.1, 0.15) is 10.7 Å². The molecule has 0 aliphatic rings. The molecule has 2 aromatic heterocycles. The first-order valence-electron chi connectivity index (χ1n) is 8.02. The first-order chi connectivity index (χ1) is 13.4. The van der Waals surface area contributed by atoms with Crippen molar-refractivity contribution in [1.82, 2.24) is 15.2 Å². The Morgan fingerprint density at radius 3 is 2.54 bits per heavy atom. The Bertz CT molecular complexity index is 1290. The van der Waals surface area contributed by atoms with Gasteiger partial charge in [-0.1, -0.05) is 41.4 Å². The molecule has 10 heteroatoms. The Kier molecular flexibility index (Phi) is 4.62. The van der Waals surface area contributed by atoms with E-state index < -0.39 is 10.0 Å². The number of halogens is 2. The number of fused-ring (bicyclic) bond motifs is 1. The number of anilines is 2. The highest BCUT2D eigenvalue weighted by molar-refractivity contribution is 7.92. The first kappa shape index (κ1) is 18.5. The van der Waals surface area contributed by atoms with Crippen LogP contribution >= 0.6 is 23.2 Å². The molecule has 0 aliphatic heterocycles. The van der Waals surface area contributed by atoms with Gasteiger partial charge >= 0.3 is 0 Å². The normalized spacial score (nSPS) is 11.6. The fourth-order valence-electron chi connectivity index (χ4n) is 2.83. The molecule has 28 heavy (non-hydrogen) atoms. The highest BCUT2D eigenvalue weighted by Crippen LogP contribution is 2.32. The number of nitrogens with two attached hydrogens (primary N) is 1. The van der Waals surface area contributed by atoms with E-state index in [1.54, 1.807) is 30.5 Å². The van der Waals surface area contributed by atoms with Crippen LogP contribution in [0.3, 0.4) is 0 Å². The quantitative estimate of drug-likeness (QED) is 0.443. The number of nitrogens with one attached hydrogen (secondary N) is 2. The van der Waals surface area contributed by atoms with Gasteiger partial charge in [-0.2, -0.15) is 5.10 Å². The largest absolute Gasteiger partial charge is 0.383 e. The highest BCUT2D eigenvalue weighted by Gasteiger charge is 2.19. The van der Waals surface area contributed by atoms with Gasteiger partial charge in [0.05, 0.1) is 15.4 Å². The number of aromatic nitrogens is 3. The predicted molar refractivity (Wildman–Crippen MR) is 111 cm³/mol. The smallest absolute Gasteiger partial charge is 0.263 e. The molecule has 2 aromatic carbocycles. The summed E-state index contributed by atoms with van der Waals surface area (Å²) >= 11 is 11.9. The van der Waals surface area contributed by atoms with Crippen LogP contribution in [0, 0.1) is 0 Å². The lowest BCUT2D eigenvalue weighted by Crippen LogP contribution is -2.13. The lowest BCUT2D eigenvalue weighted by Gasteiger charge is -2.11. The molecule has 0 bridgehead atoms. The number of sulfonamides is 1. The van der Waals surface area contributed by atoms with E-state index in [4.69, 9.17) is 28.9 Å². The standard InChI is InChI=1S/C18H13Cl2N5O2S/c19-13-2-1-3-14(16(13)20)28(26,27)25-11-6-4-10(5-7-11)12-8-9-22-18-15(12)17(21)23-24-18/h1-9,25H,(H3,21,22,23,24). The van der Waals surface area contributed by atoms with Crippen molar-refractivity contribution in [3.8, 4) is 11.1 Å². The van der Waals surface area contributed by atoms with Gasteiger partial charge in [-0.25, -0.2) is 13.4 Å². The van der Waals surface area contributed by atoms with Gasteiger partial charge in [-0.15, -0.1) is 0 Å². The number of hydrogen-bond acceptors (Lipinski definition) is 5. The molecule has 4 N–H and O–H groups in total. The number of rotatable bonds is 4. The number of H-pyrrole nitrogens is 1. The van der Waals surface area contributed by atoms with E-state index in [0.29, 0.717) is 22.5 Å². The highest BCUT2D eigenvalue weighted by atomic mass is 35.5. The van der Waals surface area contributed by atoms with Gasteiger partial charge in [0, 0.05) is 11.9 Å². The number of hydrogen-bond donors (Lipinski definition) is 3. The molecule has 0 fully saturated rings. The summed E-state index contributed by atoms with van der Waals surface area (Å²) in [4.78, 5) is 4.08. The Balaban J connectivity index is 1.67. The van der Waals surface area contributed by atoms with Crippen molar-refractivity contribution < 1.29 is 8.42 Å². The fourth-order valence-corrected chi connectivity index (χ4v) is 4.65. The third-order valence-electron chi connectivity index (χ3n) is 4.14. The van der Waals surface area contributed by atoms with E-state index >= 15 is 0 Å². The minimum atomic E-state index is -3.89. The van der Waals surface area contributed by atoms with Crippen molar-refractivity contribution in [3.05, 3.63) is 64.8 Å². The van der Waals surface area contributed by atoms with Crippen molar-refractivity contribution in [2.75, 3.05) is 10.5 Å². The minimum Gasteiger partial charge on any atom is -0.383 e. The maximum atomic E-state index is 12.6. The predicted octanol–water partition coefficient (Wildman–Crippen LogP) is 4.31. The third kappa shape index (κ3) is 3.26. The van der Waals surface area contributed by atoms with Crippen LogP contribution in [-0.4, -0.2) is 23.6 Å². The molecule has 142 valence electrons. The van der Waals surface area contributed by atoms with Crippen molar-refractivity contribution in [2.24, 2.45) is 0 Å². The van der Waals surface area contributed by atoms with Crippen LogP contribution in [0.15, 0.2) is 59.6 Å². The topological polar surface area (TPSA) is 114 Å². The van der Waals surface area contributed by atoms with Gasteiger partial charge in [0.2, 0.25) is 0 Å².